The number of hydrogen-bond donors (Lipinski definition) is 1. The first-order valence-corrected chi connectivity index (χ1v) is 6.50. The van der Waals surface area contributed by atoms with Crippen LogP contribution in [0, 0.1) is 12.7 Å². The zero-order chi connectivity index (χ0) is 14.0. The molecular formula is C14H17ClFN3. The highest BCUT2D eigenvalue weighted by molar-refractivity contribution is 6.31. The fourth-order valence-electron chi connectivity index (χ4n) is 2.22. The van der Waals surface area contributed by atoms with E-state index in [0.717, 1.165) is 17.0 Å². The third-order valence-corrected chi connectivity index (χ3v) is 3.53. The van der Waals surface area contributed by atoms with E-state index in [0.29, 0.717) is 11.4 Å². The minimum Gasteiger partial charge on any atom is -0.311 e. The Morgan fingerprint density at radius 3 is 2.68 bits per heavy atom. The molecule has 0 aliphatic carbocycles. The van der Waals surface area contributed by atoms with Gasteiger partial charge in [-0.15, -0.1) is 0 Å². The van der Waals surface area contributed by atoms with E-state index in [1.807, 2.05) is 31.8 Å². The van der Waals surface area contributed by atoms with E-state index < -0.39 is 0 Å². The molecule has 0 radical (unpaired) electrons. The third kappa shape index (κ3) is 3.14. The van der Waals surface area contributed by atoms with Crippen LogP contribution in [0.3, 0.4) is 0 Å². The molecule has 19 heavy (non-hydrogen) atoms. The second-order valence-corrected chi connectivity index (χ2v) is 5.02. The molecule has 102 valence electrons. The van der Waals surface area contributed by atoms with E-state index in [2.05, 4.69) is 10.4 Å². The highest BCUT2D eigenvalue weighted by atomic mass is 35.5. The van der Waals surface area contributed by atoms with Crippen LogP contribution in [0.4, 0.5) is 4.39 Å². The molecule has 1 aromatic carbocycles. The molecule has 1 aromatic heterocycles. The zero-order valence-corrected chi connectivity index (χ0v) is 12.0. The fourth-order valence-corrected chi connectivity index (χ4v) is 2.46. The number of nitrogens with one attached hydrogen (secondary N) is 1. The summed E-state index contributed by atoms with van der Waals surface area (Å²) in [6.45, 7) is 1.96. The van der Waals surface area contributed by atoms with Gasteiger partial charge in [-0.3, -0.25) is 4.68 Å². The molecular weight excluding hydrogens is 265 g/mol. The third-order valence-electron chi connectivity index (χ3n) is 3.18. The number of hydrogen-bond acceptors (Lipinski definition) is 2. The van der Waals surface area contributed by atoms with Crippen molar-refractivity contribution in [3.05, 3.63) is 52.1 Å². The number of benzene rings is 1. The van der Waals surface area contributed by atoms with Gasteiger partial charge in [0.25, 0.3) is 0 Å². The largest absolute Gasteiger partial charge is 0.311 e. The summed E-state index contributed by atoms with van der Waals surface area (Å²) < 4.78 is 14.9. The van der Waals surface area contributed by atoms with Gasteiger partial charge in [0, 0.05) is 12.1 Å². The number of likely N-dealkylation sites (N-methyl/N-ethyl adjacent to an activating group) is 1. The molecule has 1 heterocycles. The second kappa shape index (κ2) is 5.72. The smallest absolute Gasteiger partial charge is 0.124 e. The molecule has 0 aliphatic rings. The predicted molar refractivity (Wildman–Crippen MR) is 74.9 cm³/mol. The fraction of sp³-hybridized carbons (Fsp3) is 0.357. The summed E-state index contributed by atoms with van der Waals surface area (Å²) in [7, 11) is 3.81. The van der Waals surface area contributed by atoms with E-state index in [-0.39, 0.29) is 11.9 Å². The van der Waals surface area contributed by atoms with Crippen molar-refractivity contribution in [2.75, 3.05) is 7.05 Å². The molecule has 0 saturated heterocycles. The number of rotatable bonds is 4. The van der Waals surface area contributed by atoms with Crippen LogP contribution < -0.4 is 5.32 Å². The SMILES string of the molecule is CNC(Cc1ccc(F)cc1Cl)c1cc(C)nn1C. The van der Waals surface area contributed by atoms with Gasteiger partial charge in [-0.1, -0.05) is 17.7 Å². The van der Waals surface area contributed by atoms with Crippen molar-refractivity contribution >= 4 is 11.6 Å². The molecule has 3 nitrogen and oxygen atoms in total. The van der Waals surface area contributed by atoms with Gasteiger partial charge in [0.1, 0.15) is 5.82 Å². The van der Waals surface area contributed by atoms with E-state index in [4.69, 9.17) is 11.6 Å². The van der Waals surface area contributed by atoms with Crippen molar-refractivity contribution in [3.63, 3.8) is 0 Å². The standard InChI is InChI=1S/C14H17ClFN3/c1-9-6-14(19(3)18-9)13(17-2)7-10-4-5-11(16)8-12(10)15/h4-6,8,13,17H,7H2,1-3H3. The van der Waals surface area contributed by atoms with Crippen LogP contribution in [-0.4, -0.2) is 16.8 Å². The Hall–Kier alpha value is -1.39. The molecule has 0 aliphatic heterocycles. The van der Waals surface area contributed by atoms with Crippen LogP contribution in [0.15, 0.2) is 24.3 Å². The lowest BCUT2D eigenvalue weighted by atomic mass is 10.0. The monoisotopic (exact) mass is 281 g/mol. The molecule has 0 amide bonds. The van der Waals surface area contributed by atoms with Gasteiger partial charge in [0.05, 0.1) is 17.4 Å². The summed E-state index contributed by atoms with van der Waals surface area (Å²) in [5, 5.41) is 8.05. The lowest BCUT2D eigenvalue weighted by molar-refractivity contribution is 0.536. The normalized spacial score (nSPS) is 12.7. The summed E-state index contributed by atoms with van der Waals surface area (Å²) in [6, 6.07) is 6.64. The molecule has 5 heteroatoms. The maximum absolute atomic E-state index is 13.0. The Morgan fingerprint density at radius 2 is 2.16 bits per heavy atom. The van der Waals surface area contributed by atoms with Gasteiger partial charge in [-0.05, 0) is 44.2 Å². The maximum atomic E-state index is 13.0. The average molecular weight is 282 g/mol. The molecule has 0 spiro atoms. The van der Waals surface area contributed by atoms with Crippen LogP contribution >= 0.6 is 11.6 Å². The lowest BCUT2D eigenvalue weighted by Crippen LogP contribution is -2.21. The van der Waals surface area contributed by atoms with Crippen LogP contribution in [0.2, 0.25) is 5.02 Å². The van der Waals surface area contributed by atoms with E-state index in [1.165, 1.54) is 12.1 Å². The van der Waals surface area contributed by atoms with E-state index >= 15 is 0 Å². The first-order chi connectivity index (χ1) is 9.01. The average Bonchev–Trinajstić information content (AvgIpc) is 2.68. The summed E-state index contributed by atoms with van der Waals surface area (Å²) in [4.78, 5) is 0. The summed E-state index contributed by atoms with van der Waals surface area (Å²) in [6.07, 6.45) is 0.689. The van der Waals surface area contributed by atoms with Gasteiger partial charge in [-0.2, -0.15) is 5.10 Å². The quantitative estimate of drug-likeness (QED) is 0.934. The minimum absolute atomic E-state index is 0.0918. The van der Waals surface area contributed by atoms with Crippen LogP contribution in [0.1, 0.15) is 23.0 Å². The van der Waals surface area contributed by atoms with Crippen molar-refractivity contribution in [2.45, 2.75) is 19.4 Å². The summed E-state index contributed by atoms with van der Waals surface area (Å²) in [5.74, 6) is -0.314. The molecule has 0 fully saturated rings. The number of aromatic nitrogens is 2. The maximum Gasteiger partial charge on any atom is 0.124 e. The molecule has 2 rings (SSSR count). The van der Waals surface area contributed by atoms with Crippen LogP contribution in [0.25, 0.3) is 0 Å². The topological polar surface area (TPSA) is 29.9 Å². The van der Waals surface area contributed by atoms with Crippen molar-refractivity contribution in [1.29, 1.82) is 0 Å². The molecule has 0 bridgehead atoms. The highest BCUT2D eigenvalue weighted by Gasteiger charge is 2.16. The van der Waals surface area contributed by atoms with Gasteiger partial charge < -0.3 is 5.32 Å². The van der Waals surface area contributed by atoms with E-state index in [9.17, 15) is 4.39 Å². The van der Waals surface area contributed by atoms with Crippen LogP contribution in [-0.2, 0) is 13.5 Å². The lowest BCUT2D eigenvalue weighted by Gasteiger charge is -2.17. The minimum atomic E-state index is -0.314. The van der Waals surface area contributed by atoms with Gasteiger partial charge in [0.15, 0.2) is 0 Å². The second-order valence-electron chi connectivity index (χ2n) is 4.62. The Labute approximate surface area is 117 Å². The number of halogens is 2. The first kappa shape index (κ1) is 14.0. The van der Waals surface area contributed by atoms with Gasteiger partial charge >= 0.3 is 0 Å². The molecule has 1 N–H and O–H groups in total. The Balaban J connectivity index is 2.26. The van der Waals surface area contributed by atoms with Crippen molar-refractivity contribution in [1.82, 2.24) is 15.1 Å². The predicted octanol–water partition coefficient (Wildman–Crippen LogP) is 3.02. The van der Waals surface area contributed by atoms with E-state index in [1.54, 1.807) is 6.07 Å². The summed E-state index contributed by atoms with van der Waals surface area (Å²) >= 11 is 6.07. The van der Waals surface area contributed by atoms with Gasteiger partial charge in [-0.25, -0.2) is 4.39 Å². The Morgan fingerprint density at radius 1 is 1.42 bits per heavy atom. The molecule has 0 saturated carbocycles. The molecule has 1 atom stereocenters. The Bertz CT molecular complexity index is 580. The van der Waals surface area contributed by atoms with Gasteiger partial charge in [0.2, 0.25) is 0 Å². The Kier molecular flexibility index (Phi) is 4.22. The van der Waals surface area contributed by atoms with Crippen molar-refractivity contribution in [3.8, 4) is 0 Å². The van der Waals surface area contributed by atoms with Crippen LogP contribution in [0.5, 0.6) is 0 Å². The zero-order valence-electron chi connectivity index (χ0n) is 11.2. The first-order valence-electron chi connectivity index (χ1n) is 6.13. The molecule has 2 aromatic rings. The van der Waals surface area contributed by atoms with Crippen molar-refractivity contribution in [2.24, 2.45) is 7.05 Å². The summed E-state index contributed by atoms with van der Waals surface area (Å²) in [5.41, 5.74) is 2.98. The van der Waals surface area contributed by atoms with Crippen molar-refractivity contribution < 1.29 is 4.39 Å². The molecule has 1 unspecified atom stereocenters. The highest BCUT2D eigenvalue weighted by Crippen LogP contribution is 2.24. The number of nitrogens with zero attached hydrogens (tertiary/aromatic N) is 2. The number of aryl methyl sites for hydroxylation is 2.